The first kappa shape index (κ1) is 19.4. The zero-order valence-corrected chi connectivity index (χ0v) is 16.4. The van der Waals surface area contributed by atoms with Crippen LogP contribution in [-0.2, 0) is 5.75 Å². The Kier molecular flexibility index (Phi) is 7.88. The number of thioether (sulfide) groups is 1. The smallest absolute Gasteiger partial charge is 0.170 e. The highest BCUT2D eigenvalue weighted by molar-refractivity contribution is 7.98. The quantitative estimate of drug-likeness (QED) is 0.531. The van der Waals surface area contributed by atoms with E-state index in [9.17, 15) is 0 Å². The van der Waals surface area contributed by atoms with Crippen molar-refractivity contribution in [2.45, 2.75) is 12.7 Å². The standard InChI is InChI=1S/C19H24N2O2S2/c1-14-6-4-5-7-15(14)13-25-11-10-20-19(24)21-16-8-9-17(22-2)18(12-16)23-3/h4-9,12H,10-11,13H2,1-3H3,(H2,20,21,24). The SMILES string of the molecule is COc1ccc(NC(=S)NCCSCc2ccccc2C)cc1OC. The molecule has 0 unspecified atom stereocenters. The van der Waals surface area contributed by atoms with Gasteiger partial charge in [0.25, 0.3) is 0 Å². The number of aryl methyl sites for hydroxylation is 1. The molecule has 0 aliphatic heterocycles. The van der Waals surface area contributed by atoms with Crippen LogP contribution in [0.4, 0.5) is 5.69 Å². The maximum Gasteiger partial charge on any atom is 0.170 e. The lowest BCUT2D eigenvalue weighted by Crippen LogP contribution is -2.30. The van der Waals surface area contributed by atoms with E-state index in [0.717, 1.165) is 23.7 Å². The second-order valence-electron chi connectivity index (χ2n) is 5.43. The molecule has 0 atom stereocenters. The number of benzene rings is 2. The monoisotopic (exact) mass is 376 g/mol. The minimum absolute atomic E-state index is 0.601. The molecule has 0 spiro atoms. The molecule has 2 aromatic carbocycles. The van der Waals surface area contributed by atoms with Gasteiger partial charge in [0.15, 0.2) is 16.6 Å². The fourth-order valence-corrected chi connectivity index (χ4v) is 3.43. The number of hydrogen-bond donors (Lipinski definition) is 2. The van der Waals surface area contributed by atoms with E-state index in [1.54, 1.807) is 14.2 Å². The average molecular weight is 377 g/mol. The van der Waals surface area contributed by atoms with Crippen molar-refractivity contribution in [3.63, 3.8) is 0 Å². The first-order valence-corrected chi connectivity index (χ1v) is 9.59. The van der Waals surface area contributed by atoms with Crippen LogP contribution in [0, 0.1) is 6.92 Å². The molecule has 134 valence electrons. The van der Waals surface area contributed by atoms with Gasteiger partial charge < -0.3 is 20.1 Å². The van der Waals surface area contributed by atoms with E-state index >= 15 is 0 Å². The first-order chi connectivity index (χ1) is 12.1. The Hall–Kier alpha value is -1.92. The highest BCUT2D eigenvalue weighted by Gasteiger charge is 2.05. The summed E-state index contributed by atoms with van der Waals surface area (Å²) in [6.45, 7) is 2.96. The number of nitrogens with one attached hydrogen (secondary N) is 2. The summed E-state index contributed by atoms with van der Waals surface area (Å²) < 4.78 is 10.5. The van der Waals surface area contributed by atoms with Gasteiger partial charge in [-0.05, 0) is 42.4 Å². The predicted molar refractivity (Wildman–Crippen MR) is 111 cm³/mol. The lowest BCUT2D eigenvalue weighted by atomic mass is 10.1. The van der Waals surface area contributed by atoms with Gasteiger partial charge in [-0.1, -0.05) is 24.3 Å². The molecule has 0 fully saturated rings. The zero-order valence-electron chi connectivity index (χ0n) is 14.8. The average Bonchev–Trinajstić information content (AvgIpc) is 2.62. The molecule has 6 heteroatoms. The molecular formula is C19H24N2O2S2. The fraction of sp³-hybridized carbons (Fsp3) is 0.316. The van der Waals surface area contributed by atoms with Crippen LogP contribution >= 0.6 is 24.0 Å². The zero-order chi connectivity index (χ0) is 18.1. The molecule has 0 aromatic heterocycles. The highest BCUT2D eigenvalue weighted by atomic mass is 32.2. The number of hydrogen-bond acceptors (Lipinski definition) is 4. The summed E-state index contributed by atoms with van der Waals surface area (Å²) in [4.78, 5) is 0. The van der Waals surface area contributed by atoms with Crippen molar-refractivity contribution in [3.05, 3.63) is 53.6 Å². The van der Waals surface area contributed by atoms with Crippen LogP contribution in [0.25, 0.3) is 0 Å². The van der Waals surface area contributed by atoms with Crippen molar-refractivity contribution < 1.29 is 9.47 Å². The molecule has 0 aliphatic rings. The van der Waals surface area contributed by atoms with Crippen molar-refractivity contribution in [1.29, 1.82) is 0 Å². The maximum absolute atomic E-state index is 5.34. The lowest BCUT2D eigenvalue weighted by molar-refractivity contribution is 0.355. The largest absolute Gasteiger partial charge is 0.493 e. The van der Waals surface area contributed by atoms with Crippen LogP contribution in [0.15, 0.2) is 42.5 Å². The Morgan fingerprint density at radius 1 is 1.08 bits per heavy atom. The topological polar surface area (TPSA) is 42.5 Å². The van der Waals surface area contributed by atoms with E-state index in [1.807, 2.05) is 30.0 Å². The molecule has 0 aliphatic carbocycles. The summed E-state index contributed by atoms with van der Waals surface area (Å²) in [5.41, 5.74) is 3.59. The molecule has 2 aromatic rings. The van der Waals surface area contributed by atoms with Crippen molar-refractivity contribution >= 4 is 34.8 Å². The van der Waals surface area contributed by atoms with Gasteiger partial charge in [-0.25, -0.2) is 0 Å². The maximum atomic E-state index is 5.34. The van der Waals surface area contributed by atoms with Crippen molar-refractivity contribution in [2.24, 2.45) is 0 Å². The molecule has 0 amide bonds. The van der Waals surface area contributed by atoms with Gasteiger partial charge in [0.2, 0.25) is 0 Å². The van der Waals surface area contributed by atoms with Gasteiger partial charge in [0.05, 0.1) is 14.2 Å². The Morgan fingerprint density at radius 2 is 1.84 bits per heavy atom. The molecule has 0 saturated carbocycles. The van der Waals surface area contributed by atoms with Gasteiger partial charge in [0, 0.05) is 29.8 Å². The normalized spacial score (nSPS) is 10.2. The third kappa shape index (κ3) is 6.14. The second kappa shape index (κ2) is 10.2. The molecular weight excluding hydrogens is 352 g/mol. The van der Waals surface area contributed by atoms with Gasteiger partial charge in [0.1, 0.15) is 0 Å². The Balaban J connectivity index is 1.71. The summed E-state index contributed by atoms with van der Waals surface area (Å²) >= 11 is 7.23. The van der Waals surface area contributed by atoms with E-state index < -0.39 is 0 Å². The fourth-order valence-electron chi connectivity index (χ4n) is 2.28. The van der Waals surface area contributed by atoms with Gasteiger partial charge >= 0.3 is 0 Å². The minimum atomic E-state index is 0.601. The van der Waals surface area contributed by atoms with E-state index in [-0.39, 0.29) is 0 Å². The van der Waals surface area contributed by atoms with Crippen LogP contribution in [0.5, 0.6) is 11.5 Å². The third-order valence-corrected chi connectivity index (χ3v) is 4.95. The lowest BCUT2D eigenvalue weighted by Gasteiger charge is -2.13. The van der Waals surface area contributed by atoms with Gasteiger partial charge in [-0.3, -0.25) is 0 Å². The Labute approximate surface area is 159 Å². The van der Waals surface area contributed by atoms with Crippen LogP contribution in [0.1, 0.15) is 11.1 Å². The number of thiocarbonyl (C=S) groups is 1. The number of methoxy groups -OCH3 is 2. The van der Waals surface area contributed by atoms with Crippen LogP contribution in [0.3, 0.4) is 0 Å². The molecule has 0 saturated heterocycles. The number of anilines is 1. The predicted octanol–water partition coefficient (Wildman–Crippen LogP) is 4.23. The van der Waals surface area contributed by atoms with E-state index in [0.29, 0.717) is 16.6 Å². The van der Waals surface area contributed by atoms with Crippen LogP contribution in [0.2, 0.25) is 0 Å². The van der Waals surface area contributed by atoms with E-state index in [2.05, 4.69) is 41.8 Å². The Bertz CT molecular complexity index is 708. The van der Waals surface area contributed by atoms with Crippen molar-refractivity contribution in [1.82, 2.24) is 5.32 Å². The number of ether oxygens (including phenoxy) is 2. The van der Waals surface area contributed by atoms with Gasteiger partial charge in [-0.15, -0.1) is 0 Å². The van der Waals surface area contributed by atoms with Crippen molar-refractivity contribution in [2.75, 3.05) is 31.8 Å². The third-order valence-electron chi connectivity index (χ3n) is 3.69. The molecule has 4 nitrogen and oxygen atoms in total. The molecule has 2 N–H and O–H groups in total. The molecule has 2 rings (SSSR count). The highest BCUT2D eigenvalue weighted by Crippen LogP contribution is 2.29. The van der Waals surface area contributed by atoms with Crippen LogP contribution < -0.4 is 20.1 Å². The molecule has 0 heterocycles. The summed E-state index contributed by atoms with van der Waals surface area (Å²) in [7, 11) is 3.23. The number of rotatable bonds is 8. The minimum Gasteiger partial charge on any atom is -0.493 e. The summed E-state index contributed by atoms with van der Waals surface area (Å²) in [6, 6.07) is 14.1. The Morgan fingerprint density at radius 3 is 2.56 bits per heavy atom. The van der Waals surface area contributed by atoms with E-state index in [1.165, 1.54) is 11.1 Å². The molecule has 0 bridgehead atoms. The van der Waals surface area contributed by atoms with Gasteiger partial charge in [-0.2, -0.15) is 11.8 Å². The molecule has 0 radical (unpaired) electrons. The molecule has 25 heavy (non-hydrogen) atoms. The summed E-state index contributed by atoms with van der Waals surface area (Å²) in [6.07, 6.45) is 0. The summed E-state index contributed by atoms with van der Waals surface area (Å²) in [5, 5.41) is 6.99. The van der Waals surface area contributed by atoms with E-state index in [4.69, 9.17) is 21.7 Å². The summed E-state index contributed by atoms with van der Waals surface area (Å²) in [5.74, 6) is 3.37. The first-order valence-electron chi connectivity index (χ1n) is 8.03. The van der Waals surface area contributed by atoms with Crippen molar-refractivity contribution in [3.8, 4) is 11.5 Å². The second-order valence-corrected chi connectivity index (χ2v) is 6.94. The van der Waals surface area contributed by atoms with Crippen LogP contribution in [-0.4, -0.2) is 31.6 Å².